The van der Waals surface area contributed by atoms with Crippen LogP contribution >= 0.6 is 0 Å². The molecule has 0 spiro atoms. The number of rotatable bonds is 10. The van der Waals surface area contributed by atoms with Crippen molar-refractivity contribution >= 4 is 0 Å². The van der Waals surface area contributed by atoms with Crippen LogP contribution < -0.4 is 9.47 Å². The first-order chi connectivity index (χ1) is 21.3. The van der Waals surface area contributed by atoms with E-state index in [4.69, 9.17) is 18.9 Å². The Morgan fingerprint density at radius 1 is 0.581 bits per heavy atom. The standard InChI is InChI=1S/C39H34O4/c1-3-8-27(9-4-1)35-12-7-13-37-38(35)36(28-10-5-2-6-11-28)22-39(37,29-14-18-31(19-15-29)40-23-33-25-42-33)30-16-20-32(21-17-30)41-24-34-26-43-34/h1-21,33-34,36H,22-26H2. The van der Waals surface area contributed by atoms with E-state index in [1.54, 1.807) is 0 Å². The van der Waals surface area contributed by atoms with Crippen molar-refractivity contribution in [1.29, 1.82) is 0 Å². The molecule has 1 aliphatic carbocycles. The third-order valence-electron chi connectivity index (χ3n) is 9.08. The van der Waals surface area contributed by atoms with Crippen LogP contribution in [-0.2, 0) is 14.9 Å². The largest absolute Gasteiger partial charge is 0.491 e. The number of hydrogen-bond donors (Lipinski definition) is 0. The summed E-state index contributed by atoms with van der Waals surface area (Å²) in [5.74, 6) is 1.96. The number of epoxide rings is 2. The highest BCUT2D eigenvalue weighted by Gasteiger charge is 2.48. The van der Waals surface area contributed by atoms with Gasteiger partial charge in [0.1, 0.15) is 36.9 Å². The molecule has 2 aliphatic heterocycles. The zero-order valence-corrected chi connectivity index (χ0v) is 24.0. The lowest BCUT2D eigenvalue weighted by Gasteiger charge is -2.33. The van der Waals surface area contributed by atoms with Crippen LogP contribution in [0, 0.1) is 0 Å². The summed E-state index contributed by atoms with van der Waals surface area (Å²) in [4.78, 5) is 0. The van der Waals surface area contributed by atoms with Gasteiger partial charge in [-0.1, -0.05) is 103 Å². The normalized spacial score (nSPS) is 23.4. The molecule has 214 valence electrons. The van der Waals surface area contributed by atoms with Gasteiger partial charge < -0.3 is 18.9 Å². The second kappa shape index (κ2) is 11.0. The maximum Gasteiger partial charge on any atom is 0.119 e. The molecule has 0 N–H and O–H groups in total. The smallest absolute Gasteiger partial charge is 0.119 e. The molecule has 2 saturated heterocycles. The molecule has 0 radical (unpaired) electrons. The Labute approximate surface area is 252 Å². The summed E-state index contributed by atoms with van der Waals surface area (Å²) in [6.45, 7) is 2.76. The maximum atomic E-state index is 6.04. The van der Waals surface area contributed by atoms with Crippen molar-refractivity contribution < 1.29 is 18.9 Å². The predicted molar refractivity (Wildman–Crippen MR) is 168 cm³/mol. The Morgan fingerprint density at radius 2 is 1.12 bits per heavy atom. The molecule has 2 fully saturated rings. The molecule has 3 atom stereocenters. The Kier molecular flexibility index (Phi) is 6.74. The highest BCUT2D eigenvalue weighted by molar-refractivity contribution is 5.75. The lowest BCUT2D eigenvalue weighted by molar-refractivity contribution is 0.263. The highest BCUT2D eigenvalue weighted by Crippen LogP contribution is 2.58. The summed E-state index contributed by atoms with van der Waals surface area (Å²) < 4.78 is 22.8. The molecule has 43 heavy (non-hydrogen) atoms. The number of hydrogen-bond acceptors (Lipinski definition) is 4. The summed E-state index contributed by atoms with van der Waals surface area (Å²) in [5.41, 5.74) is 8.77. The zero-order chi connectivity index (χ0) is 28.6. The van der Waals surface area contributed by atoms with E-state index in [0.717, 1.165) is 31.1 Å². The van der Waals surface area contributed by atoms with Gasteiger partial charge in [-0.15, -0.1) is 0 Å². The predicted octanol–water partition coefficient (Wildman–Crippen LogP) is 7.78. The Bertz CT molecular complexity index is 1630. The molecule has 0 amide bonds. The fraction of sp³-hybridized carbons (Fsp3) is 0.231. The van der Waals surface area contributed by atoms with Gasteiger partial charge in [-0.2, -0.15) is 0 Å². The van der Waals surface area contributed by atoms with Gasteiger partial charge in [0.15, 0.2) is 0 Å². The van der Waals surface area contributed by atoms with Gasteiger partial charge in [0.2, 0.25) is 0 Å². The summed E-state index contributed by atoms with van der Waals surface area (Å²) in [5, 5.41) is 0. The fourth-order valence-corrected chi connectivity index (χ4v) is 6.76. The van der Waals surface area contributed by atoms with Gasteiger partial charge in [-0.05, 0) is 69.6 Å². The molecule has 2 heterocycles. The van der Waals surface area contributed by atoms with Crippen molar-refractivity contribution in [3.63, 3.8) is 0 Å². The van der Waals surface area contributed by atoms with Crippen molar-refractivity contribution in [2.24, 2.45) is 0 Å². The van der Waals surface area contributed by atoms with Crippen molar-refractivity contribution in [1.82, 2.24) is 0 Å². The quantitative estimate of drug-likeness (QED) is 0.162. The van der Waals surface area contributed by atoms with Crippen LogP contribution in [0.3, 0.4) is 0 Å². The second-order valence-electron chi connectivity index (χ2n) is 11.8. The summed E-state index contributed by atoms with van der Waals surface area (Å²) in [7, 11) is 0. The molecule has 5 aromatic carbocycles. The minimum absolute atomic E-state index is 0.221. The molecule has 4 nitrogen and oxygen atoms in total. The first-order valence-electron chi connectivity index (χ1n) is 15.2. The molecular formula is C39H34O4. The molecule has 0 saturated carbocycles. The van der Waals surface area contributed by atoms with Crippen LogP contribution in [0.2, 0.25) is 0 Å². The highest BCUT2D eigenvalue weighted by atomic mass is 16.6. The van der Waals surface area contributed by atoms with E-state index in [1.807, 2.05) is 0 Å². The molecule has 4 heteroatoms. The Morgan fingerprint density at radius 3 is 1.65 bits per heavy atom. The second-order valence-corrected chi connectivity index (χ2v) is 11.8. The summed E-state index contributed by atoms with van der Waals surface area (Å²) in [6, 6.07) is 46.1. The van der Waals surface area contributed by atoms with E-state index in [0.29, 0.717) is 13.2 Å². The van der Waals surface area contributed by atoms with Gasteiger partial charge in [0, 0.05) is 11.3 Å². The topological polar surface area (TPSA) is 43.5 Å². The number of ether oxygens (including phenoxy) is 4. The average Bonchev–Trinajstić information content (AvgIpc) is 4.02. The third kappa shape index (κ3) is 5.11. The van der Waals surface area contributed by atoms with Crippen molar-refractivity contribution in [2.75, 3.05) is 26.4 Å². The van der Waals surface area contributed by atoms with E-state index in [-0.39, 0.29) is 23.5 Å². The van der Waals surface area contributed by atoms with E-state index in [1.165, 1.54) is 38.9 Å². The van der Waals surface area contributed by atoms with Crippen molar-refractivity contribution in [3.05, 3.63) is 155 Å². The van der Waals surface area contributed by atoms with Crippen LogP contribution in [0.4, 0.5) is 0 Å². The third-order valence-corrected chi connectivity index (χ3v) is 9.08. The minimum atomic E-state index is -0.364. The van der Waals surface area contributed by atoms with Crippen LogP contribution in [-0.4, -0.2) is 38.6 Å². The van der Waals surface area contributed by atoms with Crippen molar-refractivity contribution in [2.45, 2.75) is 30.0 Å². The average molecular weight is 567 g/mol. The SMILES string of the molecule is c1ccc(-c2cccc3c2C(c2ccccc2)CC3(c2ccc(OCC3CO3)cc2)c2ccc(OCC3CO3)cc2)cc1. The number of fused-ring (bicyclic) bond motifs is 1. The van der Waals surface area contributed by atoms with E-state index in [2.05, 4.69) is 127 Å². The van der Waals surface area contributed by atoms with E-state index >= 15 is 0 Å². The van der Waals surface area contributed by atoms with Crippen LogP contribution in [0.25, 0.3) is 11.1 Å². The Balaban J connectivity index is 1.29. The molecule has 3 unspecified atom stereocenters. The zero-order valence-electron chi connectivity index (χ0n) is 24.0. The molecular weight excluding hydrogens is 532 g/mol. The van der Waals surface area contributed by atoms with Gasteiger partial charge >= 0.3 is 0 Å². The molecule has 0 aromatic heterocycles. The fourth-order valence-electron chi connectivity index (χ4n) is 6.76. The van der Waals surface area contributed by atoms with E-state index in [9.17, 15) is 0 Å². The van der Waals surface area contributed by atoms with Gasteiger partial charge in [0.05, 0.1) is 13.2 Å². The van der Waals surface area contributed by atoms with Gasteiger partial charge in [-0.25, -0.2) is 0 Å². The summed E-state index contributed by atoms with van der Waals surface area (Å²) >= 11 is 0. The number of benzene rings is 5. The van der Waals surface area contributed by atoms with Crippen molar-refractivity contribution in [3.8, 4) is 22.6 Å². The maximum absolute atomic E-state index is 6.04. The Hall–Kier alpha value is -4.38. The lowest BCUT2D eigenvalue weighted by atomic mass is 9.69. The van der Waals surface area contributed by atoms with Crippen LogP contribution in [0.1, 0.15) is 40.2 Å². The molecule has 3 aliphatic rings. The van der Waals surface area contributed by atoms with Gasteiger partial charge in [0.25, 0.3) is 0 Å². The lowest BCUT2D eigenvalue weighted by Crippen LogP contribution is -2.27. The van der Waals surface area contributed by atoms with Crippen LogP contribution in [0.15, 0.2) is 127 Å². The minimum Gasteiger partial charge on any atom is -0.491 e. The first kappa shape index (κ1) is 26.3. The summed E-state index contributed by atoms with van der Waals surface area (Å²) in [6.07, 6.45) is 1.37. The molecule has 8 rings (SSSR count). The van der Waals surface area contributed by atoms with Gasteiger partial charge in [-0.3, -0.25) is 0 Å². The first-order valence-corrected chi connectivity index (χ1v) is 15.2. The molecule has 5 aromatic rings. The van der Waals surface area contributed by atoms with Crippen LogP contribution in [0.5, 0.6) is 11.5 Å². The van der Waals surface area contributed by atoms with E-state index < -0.39 is 0 Å². The molecule has 0 bridgehead atoms. The monoisotopic (exact) mass is 566 g/mol.